The van der Waals surface area contributed by atoms with Crippen molar-refractivity contribution in [3.63, 3.8) is 0 Å². The minimum Gasteiger partial charge on any atom is -0.467 e. The first kappa shape index (κ1) is 41.3. The van der Waals surface area contributed by atoms with E-state index in [0.717, 1.165) is 29.4 Å². The molecule has 1 N–H and O–H groups in total. The van der Waals surface area contributed by atoms with Crippen molar-refractivity contribution in [1.82, 2.24) is 14.8 Å². The van der Waals surface area contributed by atoms with Crippen LogP contribution in [0, 0.1) is 17.0 Å². The van der Waals surface area contributed by atoms with Crippen LogP contribution in [-0.4, -0.2) is 81.8 Å². The summed E-state index contributed by atoms with van der Waals surface area (Å²) in [5.74, 6) is -2.17. The fourth-order valence-electron chi connectivity index (χ4n) is 5.73. The third kappa shape index (κ3) is 13.5. The molecule has 0 aliphatic rings. The lowest BCUT2D eigenvalue weighted by atomic mass is 9.83. The lowest BCUT2D eigenvalue weighted by molar-refractivity contribution is -0.143. The monoisotopic (exact) mass is 729 g/mol. The molecule has 13 heteroatoms. The minimum atomic E-state index is -1.45. The Morgan fingerprint density at radius 3 is 2.29 bits per heavy atom. The number of benzene rings is 2. The Bertz CT molecular complexity index is 1590. The number of hydrogen-bond donors (Lipinski definition) is 1. The van der Waals surface area contributed by atoms with Crippen LogP contribution in [0.3, 0.4) is 0 Å². The normalized spacial score (nSPS) is 13.1. The maximum Gasteiger partial charge on any atom is 0.407 e. The van der Waals surface area contributed by atoms with Gasteiger partial charge in [0, 0.05) is 51.1 Å². The van der Waals surface area contributed by atoms with Gasteiger partial charge in [0.2, 0.25) is 0 Å². The van der Waals surface area contributed by atoms with Crippen LogP contribution in [0.1, 0.15) is 51.4 Å². The number of carbonyl (C=O) groups excluding carboxylic acids is 3. The largest absolute Gasteiger partial charge is 0.467 e. The second-order valence-electron chi connectivity index (χ2n) is 14.8. The Morgan fingerprint density at radius 1 is 0.961 bits per heavy atom. The summed E-state index contributed by atoms with van der Waals surface area (Å²) in [7, 11) is -0.198. The number of rotatable bonds is 18. The topological polar surface area (TPSA) is 108 Å². The molecule has 280 valence electrons. The first-order valence-corrected chi connectivity index (χ1v) is 20.8. The van der Waals surface area contributed by atoms with E-state index in [0.29, 0.717) is 12.1 Å². The molecular formula is C38H53F2N3O7Si. The van der Waals surface area contributed by atoms with E-state index in [1.807, 2.05) is 52.1 Å². The summed E-state index contributed by atoms with van der Waals surface area (Å²) < 4.78 is 53.1. The third-order valence-electron chi connectivity index (χ3n) is 8.19. The highest BCUT2D eigenvalue weighted by atomic mass is 28.3. The number of esters is 2. The van der Waals surface area contributed by atoms with Gasteiger partial charge in [-0.3, -0.25) is 9.69 Å². The van der Waals surface area contributed by atoms with Crippen molar-refractivity contribution in [2.75, 3.05) is 40.2 Å². The highest BCUT2D eigenvalue weighted by molar-refractivity contribution is 6.76. The van der Waals surface area contributed by atoms with Gasteiger partial charge < -0.3 is 28.8 Å². The van der Waals surface area contributed by atoms with E-state index in [9.17, 15) is 18.8 Å². The number of halogens is 2. The van der Waals surface area contributed by atoms with Crippen LogP contribution in [0.5, 0.6) is 0 Å². The van der Waals surface area contributed by atoms with Crippen molar-refractivity contribution < 1.29 is 42.1 Å². The molecule has 0 bridgehead atoms. The molecule has 0 spiro atoms. The summed E-state index contributed by atoms with van der Waals surface area (Å²) in [5, 5.41) is 2.67. The molecule has 51 heavy (non-hydrogen) atoms. The average molecular weight is 730 g/mol. The first-order valence-electron chi connectivity index (χ1n) is 17.1. The molecule has 0 aliphatic carbocycles. The average Bonchev–Trinajstić information content (AvgIpc) is 3.44. The Hall–Kier alpha value is -4.07. The molecule has 0 unspecified atom stereocenters. The van der Waals surface area contributed by atoms with Crippen LogP contribution in [-0.2, 0) is 35.1 Å². The second-order valence-corrected chi connectivity index (χ2v) is 20.4. The lowest BCUT2D eigenvalue weighted by Gasteiger charge is -2.41. The highest BCUT2D eigenvalue weighted by Crippen LogP contribution is 2.41. The number of aromatic nitrogens is 1. The molecule has 1 aromatic heterocycles. The fraction of sp³-hybridized carbons (Fsp3) is 0.500. The summed E-state index contributed by atoms with van der Waals surface area (Å²) >= 11 is 0. The quantitative estimate of drug-likeness (QED) is 0.0475. The van der Waals surface area contributed by atoms with Gasteiger partial charge in [-0.2, -0.15) is 0 Å². The van der Waals surface area contributed by atoms with Gasteiger partial charge in [0.1, 0.15) is 24.3 Å². The summed E-state index contributed by atoms with van der Waals surface area (Å²) in [6, 6.07) is 14.3. The van der Waals surface area contributed by atoms with Crippen LogP contribution in [0.15, 0.2) is 60.8 Å². The number of alkyl carbamates (subject to hydrolysis) is 1. The molecule has 0 saturated heterocycles. The molecule has 10 nitrogen and oxygen atoms in total. The van der Waals surface area contributed by atoms with Gasteiger partial charge in [-0.05, 0) is 47.7 Å². The number of carbonyl (C=O) groups is 3. The van der Waals surface area contributed by atoms with Crippen molar-refractivity contribution in [2.45, 2.75) is 78.4 Å². The number of nitrogens with one attached hydrogen (secondary N) is 1. The Morgan fingerprint density at radius 2 is 1.67 bits per heavy atom. The number of nitrogens with zero attached hydrogens (tertiary/aromatic N) is 2. The standard InChI is InChI=1S/C38H53F2N3O7Si/c1-27(44)49-19-18-48-26-42(17-16-33(36(45)47-5)41-37(46)50-20-21-51(6,7)8)35(38(2,3)4)34-22-29(31-23-30(39)14-15-32(31)40)25-43(34)24-28-12-10-9-11-13-28/h9-15,22-23,25,33,35H,16-21,24,26H2,1-8H3,(H,41,46)/t33-,35-/m0/s1. The van der Waals surface area contributed by atoms with Gasteiger partial charge in [0.15, 0.2) is 0 Å². The molecule has 2 atom stereocenters. The molecule has 0 radical (unpaired) electrons. The molecule has 3 aromatic rings. The smallest absolute Gasteiger partial charge is 0.407 e. The third-order valence-corrected chi connectivity index (χ3v) is 9.89. The molecular weight excluding hydrogens is 677 g/mol. The molecule has 0 aliphatic heterocycles. The van der Waals surface area contributed by atoms with Gasteiger partial charge in [-0.1, -0.05) is 70.7 Å². The fourth-order valence-corrected chi connectivity index (χ4v) is 6.45. The van der Waals surface area contributed by atoms with Crippen molar-refractivity contribution in [1.29, 1.82) is 0 Å². The molecule has 1 heterocycles. The predicted octanol–water partition coefficient (Wildman–Crippen LogP) is 7.40. The Balaban J connectivity index is 2.03. The molecule has 2 aromatic carbocycles. The molecule has 0 saturated carbocycles. The van der Waals surface area contributed by atoms with Crippen molar-refractivity contribution >= 4 is 26.1 Å². The molecule has 0 fully saturated rings. The summed E-state index contributed by atoms with van der Waals surface area (Å²) in [6.07, 6.45) is 1.24. The van der Waals surface area contributed by atoms with Crippen molar-refractivity contribution in [2.24, 2.45) is 5.41 Å². The molecule has 3 rings (SSSR count). The van der Waals surface area contributed by atoms with Gasteiger partial charge in [-0.25, -0.2) is 18.4 Å². The SMILES string of the molecule is COC(=O)[C@H](CCN(COCCOC(C)=O)[C@@H](c1cc(-c2cc(F)ccc2F)cn1Cc1ccccc1)C(C)(C)C)NC(=O)OCC[Si](C)(C)C. The lowest BCUT2D eigenvalue weighted by Crippen LogP contribution is -2.46. The maximum atomic E-state index is 15.1. The van der Waals surface area contributed by atoms with Crippen LogP contribution < -0.4 is 5.32 Å². The summed E-state index contributed by atoms with van der Waals surface area (Å²) in [5.41, 5.74) is 1.94. The Labute approximate surface area is 301 Å². The maximum absolute atomic E-state index is 15.1. The number of ether oxygens (including phenoxy) is 4. The number of methoxy groups -OCH3 is 1. The first-order chi connectivity index (χ1) is 24.0. The Kier molecular flexibility index (Phi) is 15.4. The summed E-state index contributed by atoms with van der Waals surface area (Å²) in [4.78, 5) is 39.1. The van der Waals surface area contributed by atoms with Gasteiger partial charge in [-0.15, -0.1) is 0 Å². The molecule has 1 amide bonds. The van der Waals surface area contributed by atoms with Crippen LogP contribution in [0.25, 0.3) is 11.1 Å². The van der Waals surface area contributed by atoms with E-state index in [1.165, 1.54) is 20.1 Å². The minimum absolute atomic E-state index is 0.0480. The van der Waals surface area contributed by atoms with E-state index in [2.05, 4.69) is 45.7 Å². The van der Waals surface area contributed by atoms with Crippen molar-refractivity contribution in [3.05, 3.63) is 83.7 Å². The van der Waals surface area contributed by atoms with E-state index in [1.54, 1.807) is 0 Å². The highest BCUT2D eigenvalue weighted by Gasteiger charge is 2.36. The number of hydrogen-bond acceptors (Lipinski definition) is 8. The van der Waals surface area contributed by atoms with Crippen LogP contribution in [0.4, 0.5) is 13.6 Å². The van der Waals surface area contributed by atoms with Gasteiger partial charge >= 0.3 is 18.0 Å². The van der Waals surface area contributed by atoms with E-state index in [-0.39, 0.29) is 45.1 Å². The van der Waals surface area contributed by atoms with Crippen LogP contribution in [0.2, 0.25) is 25.7 Å². The second kappa shape index (κ2) is 19.0. The van der Waals surface area contributed by atoms with Crippen LogP contribution >= 0.6 is 0 Å². The predicted molar refractivity (Wildman–Crippen MR) is 195 cm³/mol. The van der Waals surface area contributed by atoms with E-state index >= 15 is 4.39 Å². The zero-order chi connectivity index (χ0) is 37.8. The van der Waals surface area contributed by atoms with E-state index < -0.39 is 55.2 Å². The number of amides is 1. The zero-order valence-corrected chi connectivity index (χ0v) is 32.1. The van der Waals surface area contributed by atoms with Gasteiger partial charge in [0.05, 0.1) is 33.1 Å². The van der Waals surface area contributed by atoms with E-state index in [4.69, 9.17) is 18.9 Å². The van der Waals surface area contributed by atoms with Gasteiger partial charge in [0.25, 0.3) is 0 Å². The summed E-state index contributed by atoms with van der Waals surface area (Å²) in [6.45, 7) is 15.1. The zero-order valence-electron chi connectivity index (χ0n) is 31.1. The van der Waals surface area contributed by atoms with Crippen molar-refractivity contribution in [3.8, 4) is 11.1 Å².